The summed E-state index contributed by atoms with van der Waals surface area (Å²) in [6, 6.07) is 12.4. The second-order valence-corrected chi connectivity index (χ2v) is 10.4. The number of H-pyrrole nitrogens is 1. The van der Waals surface area contributed by atoms with Crippen LogP contribution >= 0.6 is 0 Å². The van der Waals surface area contributed by atoms with Crippen molar-refractivity contribution in [3.8, 4) is 11.5 Å². The molecule has 2 aromatic heterocycles. The summed E-state index contributed by atoms with van der Waals surface area (Å²) in [5, 5.41) is 13.6. The van der Waals surface area contributed by atoms with Crippen molar-refractivity contribution in [3.63, 3.8) is 0 Å². The molecule has 3 heterocycles. The number of halogens is 1. The third-order valence-corrected chi connectivity index (χ3v) is 7.87. The highest BCUT2D eigenvalue weighted by Gasteiger charge is 2.32. The lowest BCUT2D eigenvalue weighted by molar-refractivity contribution is 0.0844. The Morgan fingerprint density at radius 2 is 1.82 bits per heavy atom. The maximum Gasteiger partial charge on any atom is 0.252 e. The van der Waals surface area contributed by atoms with E-state index in [2.05, 4.69) is 32.3 Å². The van der Waals surface area contributed by atoms with Crippen molar-refractivity contribution >= 4 is 10.9 Å². The molecule has 1 aliphatic heterocycles. The molecular formula is C29H33FN6O3. The van der Waals surface area contributed by atoms with Crippen LogP contribution in [-0.4, -0.2) is 49.3 Å². The van der Waals surface area contributed by atoms with Crippen molar-refractivity contribution < 1.29 is 13.9 Å². The lowest BCUT2D eigenvalue weighted by Gasteiger charge is -2.39. The zero-order valence-corrected chi connectivity index (χ0v) is 22.1. The Balaban J connectivity index is 1.34. The van der Waals surface area contributed by atoms with Crippen LogP contribution in [-0.2, 0) is 13.1 Å². The van der Waals surface area contributed by atoms with E-state index in [0.717, 1.165) is 54.4 Å². The first kappa shape index (κ1) is 25.5. The molecule has 1 N–H and O–H groups in total. The molecule has 1 atom stereocenters. The number of benzene rings is 2. The molecule has 204 valence electrons. The summed E-state index contributed by atoms with van der Waals surface area (Å²) < 4.78 is 26.7. The summed E-state index contributed by atoms with van der Waals surface area (Å²) in [6.45, 7) is 4.06. The smallest absolute Gasteiger partial charge is 0.252 e. The number of aromatic nitrogens is 5. The average molecular weight is 533 g/mol. The summed E-state index contributed by atoms with van der Waals surface area (Å²) in [4.78, 5) is 18.8. The highest BCUT2D eigenvalue weighted by molar-refractivity contribution is 5.83. The first-order chi connectivity index (χ1) is 19.1. The quantitative estimate of drug-likeness (QED) is 0.349. The van der Waals surface area contributed by atoms with Gasteiger partial charge in [-0.3, -0.25) is 9.69 Å². The van der Waals surface area contributed by atoms with Gasteiger partial charge < -0.3 is 14.5 Å². The fraction of sp³-hybridized carbons (Fsp3) is 0.448. The number of hydrogen-bond donors (Lipinski definition) is 1. The van der Waals surface area contributed by atoms with E-state index in [1.165, 1.54) is 18.6 Å². The third-order valence-electron chi connectivity index (χ3n) is 7.87. The molecule has 1 fully saturated rings. The first-order valence-electron chi connectivity index (χ1n) is 13.8. The van der Waals surface area contributed by atoms with E-state index in [9.17, 15) is 9.18 Å². The van der Waals surface area contributed by atoms with Crippen LogP contribution in [0.15, 0.2) is 47.3 Å². The summed E-state index contributed by atoms with van der Waals surface area (Å²) in [5.41, 5.74) is 2.23. The Bertz CT molecular complexity index is 1500. The molecule has 1 saturated carbocycles. The van der Waals surface area contributed by atoms with Crippen LogP contribution in [0.25, 0.3) is 10.9 Å². The molecule has 0 bridgehead atoms. The standard InChI is InChI=1S/C29H33FN6O3/c1-2-25(28-32-33-34-36(28)17-19-8-10-22(30)11-9-19)35(23-6-4-3-5-7-23)18-21-14-20-15-26-27(39-13-12-38-26)16-24(20)31-29(21)37/h8-11,14-16,23,25H,2-7,12-13,17-18H2,1H3,(H,31,37)/t25-/m1/s1. The number of tetrazole rings is 1. The molecule has 4 aromatic rings. The molecule has 0 spiro atoms. The van der Waals surface area contributed by atoms with Gasteiger partial charge in [0.1, 0.15) is 19.0 Å². The molecule has 0 unspecified atom stereocenters. The largest absolute Gasteiger partial charge is 0.486 e. The van der Waals surface area contributed by atoms with Gasteiger partial charge >= 0.3 is 0 Å². The van der Waals surface area contributed by atoms with Crippen LogP contribution in [0.2, 0.25) is 0 Å². The molecule has 10 heteroatoms. The Hall–Kier alpha value is -3.79. The zero-order valence-electron chi connectivity index (χ0n) is 22.1. The highest BCUT2D eigenvalue weighted by atomic mass is 19.1. The van der Waals surface area contributed by atoms with Gasteiger partial charge in [-0.1, -0.05) is 38.3 Å². The van der Waals surface area contributed by atoms with E-state index in [0.29, 0.717) is 49.4 Å². The van der Waals surface area contributed by atoms with Crippen molar-refractivity contribution in [3.05, 3.63) is 75.6 Å². The van der Waals surface area contributed by atoms with Gasteiger partial charge in [-0.2, -0.15) is 0 Å². The number of nitrogens with zero attached hydrogens (tertiary/aromatic N) is 5. The number of fused-ring (bicyclic) bond motifs is 2. The normalized spacial score (nSPS) is 16.6. The van der Waals surface area contributed by atoms with Gasteiger partial charge in [-0.15, -0.1) is 5.10 Å². The molecule has 6 rings (SSSR count). The predicted molar refractivity (Wildman–Crippen MR) is 144 cm³/mol. The monoisotopic (exact) mass is 532 g/mol. The van der Waals surface area contributed by atoms with Gasteiger partial charge in [0.15, 0.2) is 17.3 Å². The number of aromatic amines is 1. The molecule has 9 nitrogen and oxygen atoms in total. The second kappa shape index (κ2) is 11.1. The third kappa shape index (κ3) is 5.38. The molecule has 0 saturated heterocycles. The van der Waals surface area contributed by atoms with E-state index < -0.39 is 0 Å². The Morgan fingerprint density at radius 1 is 1.08 bits per heavy atom. The van der Waals surface area contributed by atoms with Gasteiger partial charge in [0.2, 0.25) is 0 Å². The van der Waals surface area contributed by atoms with Crippen LogP contribution in [0.4, 0.5) is 4.39 Å². The van der Waals surface area contributed by atoms with E-state index in [1.807, 2.05) is 18.2 Å². The van der Waals surface area contributed by atoms with Crippen LogP contribution in [0.1, 0.15) is 68.4 Å². The van der Waals surface area contributed by atoms with Crippen molar-refractivity contribution in [2.75, 3.05) is 13.2 Å². The second-order valence-electron chi connectivity index (χ2n) is 10.4. The van der Waals surface area contributed by atoms with Crippen LogP contribution < -0.4 is 15.0 Å². The molecule has 1 aliphatic carbocycles. The molecule has 0 radical (unpaired) electrons. The number of hydrogen-bond acceptors (Lipinski definition) is 7. The minimum Gasteiger partial charge on any atom is -0.486 e. The van der Waals surface area contributed by atoms with Crippen molar-refractivity contribution in [2.24, 2.45) is 0 Å². The van der Waals surface area contributed by atoms with Gasteiger partial charge in [0.05, 0.1) is 18.1 Å². The van der Waals surface area contributed by atoms with Crippen molar-refractivity contribution in [2.45, 2.75) is 70.6 Å². The van der Waals surface area contributed by atoms with Gasteiger partial charge in [-0.25, -0.2) is 9.07 Å². The number of pyridine rings is 1. The Morgan fingerprint density at radius 3 is 2.56 bits per heavy atom. The van der Waals surface area contributed by atoms with E-state index in [-0.39, 0.29) is 17.4 Å². The van der Waals surface area contributed by atoms with Gasteiger partial charge in [0, 0.05) is 29.6 Å². The average Bonchev–Trinajstić information content (AvgIpc) is 3.41. The van der Waals surface area contributed by atoms with Crippen molar-refractivity contribution in [1.29, 1.82) is 0 Å². The van der Waals surface area contributed by atoms with Crippen molar-refractivity contribution in [1.82, 2.24) is 30.1 Å². The molecular weight excluding hydrogens is 499 g/mol. The van der Waals surface area contributed by atoms with Crippen LogP contribution in [0.5, 0.6) is 11.5 Å². The van der Waals surface area contributed by atoms with Gasteiger partial charge in [0.25, 0.3) is 5.56 Å². The van der Waals surface area contributed by atoms with Crippen LogP contribution in [0.3, 0.4) is 0 Å². The first-order valence-corrected chi connectivity index (χ1v) is 13.8. The van der Waals surface area contributed by atoms with E-state index in [4.69, 9.17) is 9.47 Å². The summed E-state index contributed by atoms with van der Waals surface area (Å²) in [6.07, 6.45) is 6.48. The highest BCUT2D eigenvalue weighted by Crippen LogP contribution is 2.35. The molecule has 2 aromatic carbocycles. The van der Waals surface area contributed by atoms with E-state index in [1.54, 1.807) is 16.8 Å². The molecule has 0 amide bonds. The van der Waals surface area contributed by atoms with Crippen LogP contribution in [0, 0.1) is 5.82 Å². The molecule has 39 heavy (non-hydrogen) atoms. The summed E-state index contributed by atoms with van der Waals surface area (Å²) in [7, 11) is 0. The van der Waals surface area contributed by atoms with Gasteiger partial charge in [-0.05, 0) is 59.5 Å². The maximum absolute atomic E-state index is 13.5. The maximum atomic E-state index is 13.5. The Labute approximate surface area is 225 Å². The fourth-order valence-electron chi connectivity index (χ4n) is 5.90. The summed E-state index contributed by atoms with van der Waals surface area (Å²) >= 11 is 0. The minimum atomic E-state index is -0.272. The topological polar surface area (TPSA) is 98.2 Å². The molecule has 2 aliphatic rings. The number of rotatable bonds is 8. The van der Waals surface area contributed by atoms with E-state index >= 15 is 0 Å². The fourth-order valence-corrected chi connectivity index (χ4v) is 5.90. The predicted octanol–water partition coefficient (Wildman–Crippen LogP) is 4.76. The Kier molecular flexibility index (Phi) is 7.28. The summed E-state index contributed by atoms with van der Waals surface area (Å²) in [5.74, 6) is 1.83. The zero-order chi connectivity index (χ0) is 26.8. The number of nitrogens with one attached hydrogen (secondary N) is 1. The number of ether oxygens (including phenoxy) is 2. The SMILES string of the molecule is CC[C@H](c1nnnn1Cc1ccc(F)cc1)N(Cc1cc2cc3c(cc2[nH]c1=O)OCCO3)C1CCCCC1. The lowest BCUT2D eigenvalue weighted by atomic mass is 9.92. The lowest BCUT2D eigenvalue weighted by Crippen LogP contribution is -2.41. The minimum absolute atomic E-state index is 0.0843.